The van der Waals surface area contributed by atoms with Crippen molar-refractivity contribution >= 4 is 40.0 Å². The first-order valence-corrected chi connectivity index (χ1v) is 12.8. The SMILES string of the molecule is CCOC(=O)c1c(NC(=O)CCCCCN2C(=O)c3ccccc3C2=O)sc(C)c1-c1ccccc1. The minimum atomic E-state index is -0.461. The van der Waals surface area contributed by atoms with Gasteiger partial charge < -0.3 is 10.1 Å². The van der Waals surface area contributed by atoms with E-state index in [1.165, 1.54) is 16.2 Å². The van der Waals surface area contributed by atoms with Crippen molar-refractivity contribution in [3.05, 3.63) is 76.2 Å². The third kappa shape index (κ3) is 5.23. The molecule has 1 aliphatic heterocycles. The van der Waals surface area contributed by atoms with Crippen molar-refractivity contribution in [2.45, 2.75) is 39.5 Å². The minimum Gasteiger partial charge on any atom is -0.462 e. The van der Waals surface area contributed by atoms with E-state index in [0.717, 1.165) is 16.0 Å². The summed E-state index contributed by atoms with van der Waals surface area (Å²) in [5.74, 6) is -1.18. The molecule has 0 saturated heterocycles. The molecule has 0 bridgehead atoms. The number of carbonyl (C=O) groups excluding carboxylic acids is 4. The second kappa shape index (κ2) is 11.3. The van der Waals surface area contributed by atoms with Gasteiger partial charge in [-0.1, -0.05) is 48.9 Å². The van der Waals surface area contributed by atoms with Crippen LogP contribution < -0.4 is 5.32 Å². The van der Waals surface area contributed by atoms with E-state index in [1.807, 2.05) is 37.3 Å². The number of rotatable bonds is 10. The molecule has 1 N–H and O–H groups in total. The Morgan fingerprint density at radius 1 is 0.917 bits per heavy atom. The summed E-state index contributed by atoms with van der Waals surface area (Å²) in [6.07, 6.45) is 2.16. The molecule has 2 aromatic carbocycles. The van der Waals surface area contributed by atoms with Crippen molar-refractivity contribution in [1.29, 1.82) is 0 Å². The molecule has 0 atom stereocenters. The summed E-state index contributed by atoms with van der Waals surface area (Å²) in [5, 5.41) is 3.39. The summed E-state index contributed by atoms with van der Waals surface area (Å²) in [6.45, 7) is 4.23. The van der Waals surface area contributed by atoms with E-state index in [4.69, 9.17) is 4.74 Å². The number of aryl methyl sites for hydroxylation is 1. The number of carbonyl (C=O) groups is 4. The summed E-state index contributed by atoms with van der Waals surface area (Å²) in [5.41, 5.74) is 2.93. The highest BCUT2D eigenvalue weighted by Crippen LogP contribution is 2.40. The third-order valence-corrected chi connectivity index (χ3v) is 7.06. The molecule has 2 heterocycles. The fourth-order valence-corrected chi connectivity index (χ4v) is 5.43. The van der Waals surface area contributed by atoms with Gasteiger partial charge in [-0.3, -0.25) is 19.3 Å². The van der Waals surface area contributed by atoms with Crippen LogP contribution in [0.25, 0.3) is 11.1 Å². The van der Waals surface area contributed by atoms with E-state index >= 15 is 0 Å². The highest BCUT2D eigenvalue weighted by Gasteiger charge is 2.34. The Balaban J connectivity index is 1.33. The average molecular weight is 505 g/mol. The van der Waals surface area contributed by atoms with Crippen molar-refractivity contribution < 1.29 is 23.9 Å². The predicted molar refractivity (Wildman–Crippen MR) is 139 cm³/mol. The fourth-order valence-electron chi connectivity index (χ4n) is 4.35. The maximum absolute atomic E-state index is 12.8. The summed E-state index contributed by atoms with van der Waals surface area (Å²) in [4.78, 5) is 52.6. The Morgan fingerprint density at radius 3 is 2.19 bits per heavy atom. The predicted octanol–water partition coefficient (Wildman–Crippen LogP) is 5.70. The molecule has 0 saturated carbocycles. The van der Waals surface area contributed by atoms with Crippen LogP contribution in [0.4, 0.5) is 5.00 Å². The van der Waals surface area contributed by atoms with Gasteiger partial charge in [0.15, 0.2) is 0 Å². The first-order chi connectivity index (χ1) is 17.4. The van der Waals surface area contributed by atoms with E-state index in [9.17, 15) is 19.2 Å². The highest BCUT2D eigenvalue weighted by atomic mass is 32.1. The summed E-state index contributed by atoms with van der Waals surface area (Å²) < 4.78 is 5.28. The smallest absolute Gasteiger partial charge is 0.341 e. The Labute approximate surface area is 214 Å². The second-order valence-corrected chi connectivity index (χ2v) is 9.71. The number of imide groups is 1. The number of nitrogens with zero attached hydrogens (tertiary/aromatic N) is 1. The van der Waals surface area contributed by atoms with Crippen molar-refractivity contribution in [3.63, 3.8) is 0 Å². The van der Waals surface area contributed by atoms with Crippen LogP contribution in [-0.4, -0.2) is 41.7 Å². The van der Waals surface area contributed by atoms with Gasteiger partial charge in [-0.25, -0.2) is 4.79 Å². The van der Waals surface area contributed by atoms with Gasteiger partial charge in [-0.05, 0) is 44.4 Å². The molecule has 0 aliphatic carbocycles. The lowest BCUT2D eigenvalue weighted by Gasteiger charge is -2.13. The molecule has 3 amide bonds. The fraction of sp³-hybridized carbons (Fsp3) is 0.286. The number of hydrogen-bond donors (Lipinski definition) is 1. The van der Waals surface area contributed by atoms with Crippen LogP contribution >= 0.6 is 11.3 Å². The van der Waals surface area contributed by atoms with Gasteiger partial charge in [0.25, 0.3) is 11.8 Å². The van der Waals surface area contributed by atoms with Gasteiger partial charge in [0.05, 0.1) is 17.7 Å². The maximum atomic E-state index is 12.8. The average Bonchev–Trinajstić information content (AvgIpc) is 3.33. The van der Waals surface area contributed by atoms with Crippen LogP contribution in [0.2, 0.25) is 0 Å². The number of fused-ring (bicyclic) bond motifs is 1. The van der Waals surface area contributed by atoms with Crippen LogP contribution in [0, 0.1) is 6.92 Å². The Bertz CT molecular complexity index is 1260. The van der Waals surface area contributed by atoms with Gasteiger partial charge in [0.2, 0.25) is 5.91 Å². The maximum Gasteiger partial charge on any atom is 0.341 e. The van der Waals surface area contributed by atoms with Gasteiger partial charge in [-0.2, -0.15) is 0 Å². The van der Waals surface area contributed by atoms with E-state index in [-0.39, 0.29) is 30.7 Å². The molecule has 3 aromatic rings. The van der Waals surface area contributed by atoms with E-state index in [0.29, 0.717) is 47.5 Å². The Morgan fingerprint density at radius 2 is 1.56 bits per heavy atom. The second-order valence-electron chi connectivity index (χ2n) is 8.49. The normalized spacial score (nSPS) is 12.6. The number of amides is 3. The van der Waals surface area contributed by atoms with Gasteiger partial charge >= 0.3 is 5.97 Å². The van der Waals surface area contributed by atoms with Crippen LogP contribution in [0.5, 0.6) is 0 Å². The minimum absolute atomic E-state index is 0.192. The van der Waals surface area contributed by atoms with Crippen molar-refractivity contribution in [3.8, 4) is 11.1 Å². The van der Waals surface area contributed by atoms with E-state index < -0.39 is 5.97 Å². The number of ether oxygens (including phenoxy) is 1. The largest absolute Gasteiger partial charge is 0.462 e. The summed E-state index contributed by atoms with van der Waals surface area (Å²) >= 11 is 1.36. The molecule has 0 fully saturated rings. The molecular formula is C28H28N2O5S. The summed E-state index contributed by atoms with van der Waals surface area (Å²) in [7, 11) is 0. The molecular weight excluding hydrogens is 476 g/mol. The standard InChI is InChI=1S/C28H28N2O5S/c1-3-35-28(34)24-23(19-12-6-4-7-13-19)18(2)36-25(24)29-22(31)16-8-5-11-17-30-26(32)20-14-9-10-15-21(20)27(30)33/h4,6-7,9-10,12-15H,3,5,8,11,16-17H2,1-2H3,(H,29,31). The monoisotopic (exact) mass is 504 g/mol. The number of anilines is 1. The molecule has 1 aliphatic rings. The number of nitrogens with one attached hydrogen (secondary N) is 1. The molecule has 4 rings (SSSR count). The number of esters is 1. The molecule has 36 heavy (non-hydrogen) atoms. The summed E-state index contributed by atoms with van der Waals surface area (Å²) in [6, 6.07) is 16.4. The lowest BCUT2D eigenvalue weighted by Crippen LogP contribution is -2.30. The quantitative estimate of drug-likeness (QED) is 0.217. The van der Waals surface area contributed by atoms with Crippen LogP contribution in [-0.2, 0) is 9.53 Å². The third-order valence-electron chi connectivity index (χ3n) is 6.04. The topological polar surface area (TPSA) is 92.8 Å². The van der Waals surface area contributed by atoms with Crippen LogP contribution in [0.3, 0.4) is 0 Å². The van der Waals surface area contributed by atoms with Crippen molar-refractivity contribution in [2.75, 3.05) is 18.5 Å². The zero-order valence-electron chi connectivity index (χ0n) is 20.3. The molecule has 1 aromatic heterocycles. The number of unbranched alkanes of at least 4 members (excludes halogenated alkanes) is 2. The zero-order chi connectivity index (χ0) is 25.7. The van der Waals surface area contributed by atoms with Gasteiger partial charge in [0.1, 0.15) is 10.6 Å². The van der Waals surface area contributed by atoms with Crippen molar-refractivity contribution in [2.24, 2.45) is 0 Å². The molecule has 186 valence electrons. The Kier molecular flexibility index (Phi) is 7.95. The highest BCUT2D eigenvalue weighted by molar-refractivity contribution is 7.17. The van der Waals surface area contributed by atoms with E-state index in [2.05, 4.69) is 5.32 Å². The molecule has 7 nitrogen and oxygen atoms in total. The number of benzene rings is 2. The van der Waals surface area contributed by atoms with Gasteiger partial charge in [0, 0.05) is 23.4 Å². The first kappa shape index (κ1) is 25.3. The van der Waals surface area contributed by atoms with Gasteiger partial charge in [-0.15, -0.1) is 11.3 Å². The zero-order valence-corrected chi connectivity index (χ0v) is 21.2. The number of hydrogen-bond acceptors (Lipinski definition) is 6. The lowest BCUT2D eigenvalue weighted by atomic mass is 10.0. The van der Waals surface area contributed by atoms with E-state index in [1.54, 1.807) is 31.2 Å². The molecule has 0 spiro atoms. The lowest BCUT2D eigenvalue weighted by molar-refractivity contribution is -0.116. The molecule has 0 unspecified atom stereocenters. The molecule has 8 heteroatoms. The first-order valence-electron chi connectivity index (χ1n) is 12.0. The van der Waals surface area contributed by atoms with Crippen molar-refractivity contribution in [1.82, 2.24) is 4.90 Å². The van der Waals surface area contributed by atoms with Crippen LogP contribution in [0.15, 0.2) is 54.6 Å². The number of thiophene rings is 1. The Hall–Kier alpha value is -3.78. The van der Waals surface area contributed by atoms with Crippen LogP contribution in [0.1, 0.15) is 68.6 Å². The molecule has 0 radical (unpaired) electrons.